The molecule has 12 heteroatoms. The fraction of sp³-hybridized carbons (Fsp3) is 0.859. The second-order valence-electron chi connectivity index (χ2n) is 24.2. The summed E-state index contributed by atoms with van der Waals surface area (Å²) in [5.74, 6) is -3.10. The van der Waals surface area contributed by atoms with Crippen LogP contribution in [0.1, 0.15) is 342 Å². The zero-order valence-electron chi connectivity index (χ0n) is 53.7. The molecule has 6 unspecified atom stereocenters. The molecule has 1 aliphatic heterocycles. The van der Waals surface area contributed by atoms with E-state index in [1.807, 2.05) is 0 Å². The lowest BCUT2D eigenvalue weighted by Crippen LogP contribution is -2.61. The van der Waals surface area contributed by atoms with Gasteiger partial charge >= 0.3 is 23.9 Å². The van der Waals surface area contributed by atoms with Gasteiger partial charge in [-0.25, -0.2) is 4.79 Å². The van der Waals surface area contributed by atoms with Crippen LogP contribution in [0.3, 0.4) is 0 Å². The molecule has 0 aliphatic carbocycles. The Morgan fingerprint density at radius 3 is 1.12 bits per heavy atom. The molecule has 0 bridgehead atoms. The lowest BCUT2D eigenvalue weighted by molar-refractivity contribution is -0.301. The molecule has 6 atom stereocenters. The monoisotopic (exact) mass is 1170 g/mol. The average Bonchev–Trinajstić information content (AvgIpc) is 3.59. The van der Waals surface area contributed by atoms with Gasteiger partial charge in [-0.3, -0.25) is 14.4 Å². The van der Waals surface area contributed by atoms with Crippen LogP contribution < -0.4 is 0 Å². The summed E-state index contributed by atoms with van der Waals surface area (Å²) in [5.41, 5.74) is 0. The molecule has 1 heterocycles. The van der Waals surface area contributed by atoms with E-state index >= 15 is 0 Å². The van der Waals surface area contributed by atoms with Gasteiger partial charge in [0.15, 0.2) is 24.6 Å². The first-order chi connectivity index (χ1) is 40.6. The largest absolute Gasteiger partial charge is 0.479 e. The molecule has 0 spiro atoms. The molecule has 83 heavy (non-hydrogen) atoms. The van der Waals surface area contributed by atoms with E-state index in [9.17, 15) is 34.5 Å². The quantitative estimate of drug-likeness (QED) is 0.0228. The molecule has 0 aromatic carbocycles. The lowest BCUT2D eigenvalue weighted by atomic mass is 9.98. The Morgan fingerprint density at radius 2 is 0.723 bits per heavy atom. The van der Waals surface area contributed by atoms with Crippen LogP contribution in [0, 0.1) is 0 Å². The van der Waals surface area contributed by atoms with E-state index in [0.717, 1.165) is 89.9 Å². The summed E-state index contributed by atoms with van der Waals surface area (Å²) in [7, 11) is 0. The van der Waals surface area contributed by atoms with Crippen molar-refractivity contribution >= 4 is 23.9 Å². The van der Waals surface area contributed by atoms with E-state index < -0.39 is 67.3 Å². The third kappa shape index (κ3) is 48.7. The molecule has 0 amide bonds. The van der Waals surface area contributed by atoms with E-state index in [1.54, 1.807) is 0 Å². The first-order valence-corrected chi connectivity index (χ1v) is 35.0. The first-order valence-electron chi connectivity index (χ1n) is 35.0. The Labute approximate surface area is 508 Å². The second kappa shape index (κ2) is 59.3. The fourth-order valence-corrected chi connectivity index (χ4v) is 10.8. The van der Waals surface area contributed by atoms with Gasteiger partial charge in [0.05, 0.1) is 6.61 Å². The minimum atomic E-state index is -1.90. The van der Waals surface area contributed by atoms with Gasteiger partial charge in [-0.2, -0.15) is 0 Å². The average molecular weight is 1170 g/mol. The zero-order valence-corrected chi connectivity index (χ0v) is 53.7. The topological polar surface area (TPSA) is 175 Å². The molecule has 0 aromatic heterocycles. The van der Waals surface area contributed by atoms with Crippen LogP contribution in [0.2, 0.25) is 0 Å². The molecular weight excluding hydrogens is 1040 g/mol. The fourth-order valence-electron chi connectivity index (χ4n) is 10.8. The van der Waals surface area contributed by atoms with E-state index in [-0.39, 0.29) is 25.9 Å². The van der Waals surface area contributed by atoms with Gasteiger partial charge in [0.1, 0.15) is 18.8 Å². The number of carboxylic acid groups (broad SMARTS) is 1. The van der Waals surface area contributed by atoms with Crippen molar-refractivity contribution in [2.24, 2.45) is 0 Å². The van der Waals surface area contributed by atoms with Crippen molar-refractivity contribution in [2.45, 2.75) is 379 Å². The highest BCUT2D eigenvalue weighted by atomic mass is 16.7. The smallest absolute Gasteiger partial charge is 0.335 e. The van der Waals surface area contributed by atoms with Crippen LogP contribution in [-0.2, 0) is 42.9 Å². The Bertz CT molecular complexity index is 1580. The molecule has 1 rings (SSSR count). The molecule has 1 fully saturated rings. The van der Waals surface area contributed by atoms with E-state index in [4.69, 9.17) is 23.7 Å². The number of esters is 3. The summed E-state index contributed by atoms with van der Waals surface area (Å²) in [4.78, 5) is 51.4. The van der Waals surface area contributed by atoms with Crippen molar-refractivity contribution in [1.82, 2.24) is 0 Å². The van der Waals surface area contributed by atoms with Gasteiger partial charge in [0, 0.05) is 19.3 Å². The summed E-state index contributed by atoms with van der Waals surface area (Å²) < 4.78 is 28.6. The number of aliphatic hydroxyl groups excluding tert-OH is 2. The second-order valence-corrected chi connectivity index (χ2v) is 24.2. The Kier molecular flexibility index (Phi) is 55.7. The van der Waals surface area contributed by atoms with Gasteiger partial charge in [-0.15, -0.1) is 0 Å². The highest BCUT2D eigenvalue weighted by Gasteiger charge is 2.50. The van der Waals surface area contributed by atoms with Crippen molar-refractivity contribution in [3.8, 4) is 0 Å². The van der Waals surface area contributed by atoms with Crippen molar-refractivity contribution in [3.05, 3.63) is 36.5 Å². The molecule has 1 aliphatic rings. The maximum Gasteiger partial charge on any atom is 0.335 e. The van der Waals surface area contributed by atoms with Gasteiger partial charge < -0.3 is 39.0 Å². The summed E-state index contributed by atoms with van der Waals surface area (Å²) in [6.45, 7) is 6.03. The minimum absolute atomic E-state index is 0.0582. The minimum Gasteiger partial charge on any atom is -0.479 e. The molecule has 0 aromatic rings. The van der Waals surface area contributed by atoms with Crippen molar-refractivity contribution in [2.75, 3.05) is 13.2 Å². The van der Waals surface area contributed by atoms with Crippen LogP contribution >= 0.6 is 0 Å². The van der Waals surface area contributed by atoms with Gasteiger partial charge in [-0.05, 0) is 77.0 Å². The summed E-state index contributed by atoms with van der Waals surface area (Å²) in [6.07, 6.45) is 59.5. The number of aliphatic carboxylic acids is 1. The predicted octanol–water partition coefficient (Wildman–Crippen LogP) is 19.1. The van der Waals surface area contributed by atoms with Crippen LogP contribution in [0.15, 0.2) is 36.5 Å². The third-order valence-corrected chi connectivity index (χ3v) is 16.2. The molecule has 1 saturated heterocycles. The number of hydrogen-bond acceptors (Lipinski definition) is 11. The number of aliphatic hydroxyl groups is 2. The normalized spacial score (nSPS) is 17.7. The standard InChI is InChI=1S/C71H128O12/c1-4-7-10-13-16-19-22-25-28-31-32-35-36-39-42-45-48-51-54-57-63(72)79-60-62(81-64(73)58-55-52-49-46-43-40-37-33-29-26-23-20-17-14-11-8-5-2)61-80-71-69(67(76)66(75)68(83-71)70(77)78)82-65(74)59-56-53-50-47-44-41-38-34-30-27-24-21-18-15-12-9-6-3/h17,20,26-27,29-30,62,66-69,71,75-76H,4-16,18-19,21-25,28,31-61H2,1-3H3,(H,77,78)/b20-17-,29-26-,30-27-. The highest BCUT2D eigenvalue weighted by molar-refractivity contribution is 5.74. The SMILES string of the molecule is CCCCC/C=C\C/C=C\CCCCCCCCCC(=O)OC(COC(=O)CCCCCCCCCCCCCCCCCCCCC)COC1OC(C(=O)O)C(O)C(O)C1OC(=O)CCCCCCCCC/C=C\CCCCCCCC. The molecule has 0 radical (unpaired) electrons. The lowest BCUT2D eigenvalue weighted by Gasteiger charge is -2.40. The van der Waals surface area contributed by atoms with E-state index in [1.165, 1.54) is 193 Å². The summed E-state index contributed by atoms with van der Waals surface area (Å²) in [5, 5.41) is 31.6. The first kappa shape index (κ1) is 78.0. The van der Waals surface area contributed by atoms with Crippen LogP contribution in [0.25, 0.3) is 0 Å². The Balaban J connectivity index is 2.63. The maximum atomic E-state index is 13.2. The zero-order chi connectivity index (χ0) is 60.3. The number of carboxylic acids is 1. The summed E-state index contributed by atoms with van der Waals surface area (Å²) in [6, 6.07) is 0. The molecule has 3 N–H and O–H groups in total. The van der Waals surface area contributed by atoms with Gasteiger partial charge in [-0.1, -0.05) is 282 Å². The molecule has 12 nitrogen and oxygen atoms in total. The molecular formula is C71H128O12. The third-order valence-electron chi connectivity index (χ3n) is 16.2. The Morgan fingerprint density at radius 1 is 0.398 bits per heavy atom. The van der Waals surface area contributed by atoms with Crippen LogP contribution in [-0.4, -0.2) is 89.2 Å². The molecule has 0 saturated carbocycles. The van der Waals surface area contributed by atoms with E-state index in [2.05, 4.69) is 57.2 Å². The van der Waals surface area contributed by atoms with Crippen molar-refractivity contribution in [1.29, 1.82) is 0 Å². The number of rotatable bonds is 61. The molecule has 484 valence electrons. The van der Waals surface area contributed by atoms with Crippen molar-refractivity contribution in [3.63, 3.8) is 0 Å². The maximum absolute atomic E-state index is 13.2. The highest BCUT2D eigenvalue weighted by Crippen LogP contribution is 2.27. The van der Waals surface area contributed by atoms with E-state index in [0.29, 0.717) is 19.3 Å². The number of carbonyl (C=O) groups excluding carboxylic acids is 3. The number of ether oxygens (including phenoxy) is 5. The predicted molar refractivity (Wildman–Crippen MR) is 340 cm³/mol. The summed E-state index contributed by atoms with van der Waals surface area (Å²) >= 11 is 0. The number of carbonyl (C=O) groups is 4. The van der Waals surface area contributed by atoms with Crippen LogP contribution in [0.4, 0.5) is 0 Å². The van der Waals surface area contributed by atoms with Crippen molar-refractivity contribution < 1.29 is 58.2 Å². The number of allylic oxidation sites excluding steroid dienone is 6. The van der Waals surface area contributed by atoms with Gasteiger partial charge in [0.2, 0.25) is 0 Å². The Hall–Kier alpha value is -3.06. The number of unbranched alkanes of at least 4 members (excludes halogenated alkanes) is 41. The van der Waals surface area contributed by atoms with Gasteiger partial charge in [0.25, 0.3) is 0 Å². The van der Waals surface area contributed by atoms with Crippen LogP contribution in [0.5, 0.6) is 0 Å². The number of hydrogen-bond donors (Lipinski definition) is 3.